The molecule has 2 aromatic heterocycles. The van der Waals surface area contributed by atoms with E-state index in [1.54, 1.807) is 41.9 Å². The number of hydrogen-bond acceptors (Lipinski definition) is 4. The SMILES string of the molecule is Cc1cc(-c2cnn(C)c2)c2ccc(CN3CCO[C@@H](C(F)(F)F)C3)c(F)c2n1. The van der Waals surface area contributed by atoms with E-state index < -0.39 is 18.1 Å². The smallest absolute Gasteiger partial charge is 0.366 e. The van der Waals surface area contributed by atoms with Crippen molar-refractivity contribution in [2.24, 2.45) is 7.05 Å². The Hall–Kier alpha value is -2.52. The number of rotatable bonds is 3. The quantitative estimate of drug-likeness (QED) is 0.618. The zero-order valence-electron chi connectivity index (χ0n) is 16.0. The topological polar surface area (TPSA) is 43.2 Å². The number of benzene rings is 1. The standard InChI is InChI=1S/C20H20F4N4O/c1-12-7-16(14-8-25-27(2)9-14)15-4-3-13(18(21)19(15)26-12)10-28-5-6-29-17(11-28)20(22,23)24/h3-4,7-9,17H,5-6,10-11H2,1-2H3/t17-/m1/s1. The molecule has 0 radical (unpaired) electrons. The third-order valence-corrected chi connectivity index (χ3v) is 5.05. The first kappa shape index (κ1) is 19.8. The molecule has 5 nitrogen and oxygen atoms in total. The maximum Gasteiger partial charge on any atom is 0.415 e. The number of alkyl halides is 3. The van der Waals surface area contributed by atoms with Crippen molar-refractivity contribution >= 4 is 10.9 Å². The minimum Gasteiger partial charge on any atom is -0.366 e. The number of morpholine rings is 1. The van der Waals surface area contributed by atoms with Crippen LogP contribution in [0.15, 0.2) is 30.6 Å². The Bertz CT molecular complexity index is 1050. The molecule has 0 saturated carbocycles. The summed E-state index contributed by atoms with van der Waals surface area (Å²) >= 11 is 0. The molecule has 0 unspecified atom stereocenters. The van der Waals surface area contributed by atoms with E-state index in [1.165, 1.54) is 0 Å². The third kappa shape index (κ3) is 3.97. The van der Waals surface area contributed by atoms with Crippen molar-refractivity contribution in [1.29, 1.82) is 0 Å². The van der Waals surface area contributed by atoms with Crippen LogP contribution in [0.1, 0.15) is 11.3 Å². The lowest BCUT2D eigenvalue weighted by Crippen LogP contribution is -2.48. The van der Waals surface area contributed by atoms with Crippen molar-refractivity contribution in [3.63, 3.8) is 0 Å². The van der Waals surface area contributed by atoms with Crippen molar-refractivity contribution in [1.82, 2.24) is 19.7 Å². The average Bonchev–Trinajstić information content (AvgIpc) is 3.10. The molecule has 154 valence electrons. The van der Waals surface area contributed by atoms with Crippen LogP contribution in [0.25, 0.3) is 22.0 Å². The minimum absolute atomic E-state index is 0.0398. The minimum atomic E-state index is -4.43. The summed E-state index contributed by atoms with van der Waals surface area (Å²) in [5.74, 6) is -0.508. The fourth-order valence-electron chi connectivity index (χ4n) is 3.63. The Labute approximate surface area is 164 Å². The maximum atomic E-state index is 15.3. The maximum absolute atomic E-state index is 15.3. The van der Waals surface area contributed by atoms with Gasteiger partial charge in [-0.25, -0.2) is 9.37 Å². The van der Waals surface area contributed by atoms with Gasteiger partial charge in [-0.05, 0) is 18.6 Å². The molecule has 3 aromatic rings. The molecule has 0 bridgehead atoms. The second-order valence-corrected chi connectivity index (χ2v) is 7.28. The van der Waals surface area contributed by atoms with E-state index in [1.807, 2.05) is 12.3 Å². The summed E-state index contributed by atoms with van der Waals surface area (Å²) in [6.45, 7) is 1.80. The van der Waals surface area contributed by atoms with Crippen LogP contribution >= 0.6 is 0 Å². The van der Waals surface area contributed by atoms with Crippen LogP contribution in [0.4, 0.5) is 17.6 Å². The molecule has 1 aromatic carbocycles. The monoisotopic (exact) mass is 408 g/mol. The zero-order valence-corrected chi connectivity index (χ0v) is 16.0. The number of nitrogens with zero attached hydrogens (tertiary/aromatic N) is 4. The van der Waals surface area contributed by atoms with Gasteiger partial charge in [-0.2, -0.15) is 18.3 Å². The largest absolute Gasteiger partial charge is 0.415 e. The molecule has 1 aliphatic rings. The summed E-state index contributed by atoms with van der Waals surface area (Å²) in [4.78, 5) is 5.91. The van der Waals surface area contributed by atoms with Gasteiger partial charge in [-0.1, -0.05) is 12.1 Å². The summed E-state index contributed by atoms with van der Waals surface area (Å²) < 4.78 is 60.6. The second-order valence-electron chi connectivity index (χ2n) is 7.28. The van der Waals surface area contributed by atoms with Crippen molar-refractivity contribution in [3.8, 4) is 11.1 Å². The van der Waals surface area contributed by atoms with Crippen LogP contribution in [0, 0.1) is 12.7 Å². The number of hydrogen-bond donors (Lipinski definition) is 0. The zero-order chi connectivity index (χ0) is 20.8. The van der Waals surface area contributed by atoms with E-state index >= 15 is 4.39 Å². The molecular formula is C20H20F4N4O. The first-order valence-electron chi connectivity index (χ1n) is 9.21. The fraction of sp³-hybridized carbons (Fsp3) is 0.400. The highest BCUT2D eigenvalue weighted by atomic mass is 19.4. The first-order chi connectivity index (χ1) is 13.7. The van der Waals surface area contributed by atoms with Gasteiger partial charge < -0.3 is 4.74 Å². The predicted octanol–water partition coefficient (Wildman–Crippen LogP) is 3.85. The predicted molar refractivity (Wildman–Crippen MR) is 99.7 cm³/mol. The fourth-order valence-corrected chi connectivity index (χ4v) is 3.63. The van der Waals surface area contributed by atoms with E-state index in [9.17, 15) is 13.2 Å². The number of halogens is 4. The highest BCUT2D eigenvalue weighted by Gasteiger charge is 2.43. The molecular weight excluding hydrogens is 388 g/mol. The Morgan fingerprint density at radius 2 is 2.07 bits per heavy atom. The molecule has 4 rings (SSSR count). The van der Waals surface area contributed by atoms with Gasteiger partial charge in [0, 0.05) is 55.1 Å². The van der Waals surface area contributed by atoms with Gasteiger partial charge in [-0.15, -0.1) is 0 Å². The van der Waals surface area contributed by atoms with Crippen molar-refractivity contribution < 1.29 is 22.3 Å². The summed E-state index contributed by atoms with van der Waals surface area (Å²) in [5, 5.41) is 4.80. The van der Waals surface area contributed by atoms with E-state index in [-0.39, 0.29) is 25.2 Å². The van der Waals surface area contributed by atoms with Crippen LogP contribution < -0.4 is 0 Å². The van der Waals surface area contributed by atoms with Gasteiger partial charge in [0.15, 0.2) is 11.9 Å². The highest BCUT2D eigenvalue weighted by molar-refractivity contribution is 5.95. The molecule has 29 heavy (non-hydrogen) atoms. The Kier molecular flexibility index (Phi) is 5.04. The summed E-state index contributed by atoms with van der Waals surface area (Å²) in [5.41, 5.74) is 2.83. The molecule has 1 saturated heterocycles. The number of fused-ring (bicyclic) bond motifs is 1. The summed E-state index contributed by atoms with van der Waals surface area (Å²) in [7, 11) is 1.80. The molecule has 1 fully saturated rings. The average molecular weight is 408 g/mol. The van der Waals surface area contributed by atoms with E-state index in [0.717, 1.165) is 11.1 Å². The Morgan fingerprint density at radius 3 is 2.76 bits per heavy atom. The Balaban J connectivity index is 1.68. The van der Waals surface area contributed by atoms with Gasteiger partial charge in [0.1, 0.15) is 5.52 Å². The molecule has 1 atom stereocenters. The lowest BCUT2D eigenvalue weighted by atomic mass is 10.0. The third-order valence-electron chi connectivity index (χ3n) is 5.05. The lowest BCUT2D eigenvalue weighted by Gasteiger charge is -2.33. The summed E-state index contributed by atoms with van der Waals surface area (Å²) in [6.07, 6.45) is -2.74. The first-order valence-corrected chi connectivity index (χ1v) is 9.21. The number of aromatic nitrogens is 3. The van der Waals surface area contributed by atoms with Gasteiger partial charge in [0.05, 0.1) is 12.8 Å². The van der Waals surface area contributed by atoms with Crippen LogP contribution in [0.2, 0.25) is 0 Å². The van der Waals surface area contributed by atoms with Crippen molar-refractivity contribution in [2.45, 2.75) is 25.7 Å². The number of ether oxygens (including phenoxy) is 1. The van der Waals surface area contributed by atoms with Crippen molar-refractivity contribution in [3.05, 3.63) is 47.7 Å². The molecule has 3 heterocycles. The van der Waals surface area contributed by atoms with Crippen LogP contribution in [-0.2, 0) is 18.3 Å². The molecule has 0 spiro atoms. The molecule has 0 N–H and O–H groups in total. The number of pyridine rings is 1. The summed E-state index contributed by atoms with van der Waals surface area (Å²) in [6, 6.07) is 5.26. The molecule has 9 heteroatoms. The van der Waals surface area contributed by atoms with E-state index in [0.29, 0.717) is 23.2 Å². The number of aryl methyl sites for hydroxylation is 2. The Morgan fingerprint density at radius 1 is 1.28 bits per heavy atom. The van der Waals surface area contributed by atoms with Gasteiger partial charge in [0.25, 0.3) is 0 Å². The van der Waals surface area contributed by atoms with Crippen LogP contribution in [-0.4, -0.2) is 51.6 Å². The second kappa shape index (κ2) is 7.38. The highest BCUT2D eigenvalue weighted by Crippen LogP contribution is 2.32. The van der Waals surface area contributed by atoms with Gasteiger partial charge in [-0.3, -0.25) is 9.58 Å². The van der Waals surface area contributed by atoms with Gasteiger partial charge >= 0.3 is 6.18 Å². The van der Waals surface area contributed by atoms with E-state index in [2.05, 4.69) is 10.1 Å². The molecule has 0 amide bonds. The van der Waals surface area contributed by atoms with Crippen LogP contribution in [0.3, 0.4) is 0 Å². The molecule has 0 aliphatic carbocycles. The lowest BCUT2D eigenvalue weighted by molar-refractivity contribution is -0.237. The normalized spacial score (nSPS) is 18.5. The van der Waals surface area contributed by atoms with Crippen molar-refractivity contribution in [2.75, 3.05) is 19.7 Å². The molecule has 1 aliphatic heterocycles. The van der Waals surface area contributed by atoms with E-state index in [4.69, 9.17) is 4.74 Å². The van der Waals surface area contributed by atoms with Crippen LogP contribution in [0.5, 0.6) is 0 Å². The van der Waals surface area contributed by atoms with Gasteiger partial charge in [0.2, 0.25) is 0 Å².